The molecule has 1 aliphatic carbocycles. The van der Waals surface area contributed by atoms with Crippen molar-refractivity contribution in [3.63, 3.8) is 0 Å². The third-order valence-electron chi connectivity index (χ3n) is 6.63. The first-order valence-electron chi connectivity index (χ1n) is 11.0. The molecule has 1 fully saturated rings. The number of carbonyl (C=O) groups is 1. The number of nitrogens with zero attached hydrogens (tertiary/aromatic N) is 2. The second-order valence-corrected chi connectivity index (χ2v) is 9.14. The summed E-state index contributed by atoms with van der Waals surface area (Å²) in [4.78, 5) is 25.5. The molecule has 5 rings (SSSR count). The number of rotatable bonds is 4. The van der Waals surface area contributed by atoms with Gasteiger partial charge >= 0.3 is 0 Å². The molecule has 0 aliphatic heterocycles. The zero-order chi connectivity index (χ0) is 23.3. The van der Waals surface area contributed by atoms with Gasteiger partial charge in [0.05, 0.1) is 16.6 Å². The lowest BCUT2D eigenvalue weighted by Gasteiger charge is -2.25. The van der Waals surface area contributed by atoms with Gasteiger partial charge in [-0.1, -0.05) is 35.0 Å². The maximum atomic E-state index is 13.9. The number of fused-ring (bicyclic) bond motifs is 3. The minimum absolute atomic E-state index is 0.0427. The molecule has 33 heavy (non-hydrogen) atoms. The van der Waals surface area contributed by atoms with Crippen LogP contribution in [-0.4, -0.2) is 15.6 Å². The minimum atomic E-state index is -0.345. The Balaban J connectivity index is 1.60. The van der Waals surface area contributed by atoms with Gasteiger partial charge in [-0.2, -0.15) is 0 Å². The van der Waals surface area contributed by atoms with Gasteiger partial charge in [0.1, 0.15) is 22.5 Å². The number of nitrogens with one attached hydrogen (secondary N) is 1. The van der Waals surface area contributed by atoms with E-state index in [1.165, 1.54) is 19.1 Å². The normalized spacial score (nSPS) is 19.3. The fourth-order valence-electron chi connectivity index (χ4n) is 5.26. The van der Waals surface area contributed by atoms with Gasteiger partial charge in [0.25, 0.3) is 5.56 Å². The number of pyridine rings is 1. The number of hydrogen-bond acceptors (Lipinski definition) is 4. The monoisotopic (exact) mass is 467 g/mol. The highest BCUT2D eigenvalue weighted by molar-refractivity contribution is 6.37. The molecule has 8 heteroatoms. The maximum absolute atomic E-state index is 13.9. The number of hydrogen-bond donors (Lipinski definition) is 1. The van der Waals surface area contributed by atoms with Crippen LogP contribution in [0.25, 0.3) is 21.8 Å². The molecule has 0 radical (unpaired) electrons. The van der Waals surface area contributed by atoms with E-state index in [1.54, 1.807) is 23.6 Å². The number of halogens is 2. The largest absolute Gasteiger partial charge is 0.360 e. The first kappa shape index (κ1) is 21.6. The van der Waals surface area contributed by atoms with Crippen LogP contribution in [0.4, 0.5) is 4.39 Å². The van der Waals surface area contributed by atoms with Crippen molar-refractivity contribution in [1.29, 1.82) is 0 Å². The molecule has 2 aromatic heterocycles. The van der Waals surface area contributed by atoms with E-state index >= 15 is 0 Å². The molecule has 0 bridgehead atoms. The third kappa shape index (κ3) is 3.70. The quantitative estimate of drug-likeness (QED) is 0.432. The predicted octanol–water partition coefficient (Wildman–Crippen LogP) is 5.46. The summed E-state index contributed by atoms with van der Waals surface area (Å²) in [5.74, 6) is -0.0247. The van der Waals surface area contributed by atoms with Crippen LogP contribution in [-0.2, 0) is 4.79 Å². The molecule has 1 amide bonds. The van der Waals surface area contributed by atoms with E-state index in [1.807, 2.05) is 18.2 Å². The minimum Gasteiger partial charge on any atom is -0.360 e. The van der Waals surface area contributed by atoms with Crippen molar-refractivity contribution in [2.75, 3.05) is 0 Å². The van der Waals surface area contributed by atoms with Crippen molar-refractivity contribution in [2.24, 2.45) is 5.92 Å². The van der Waals surface area contributed by atoms with Crippen LogP contribution in [0.2, 0.25) is 5.02 Å². The topological polar surface area (TPSA) is 77.1 Å². The highest BCUT2D eigenvalue weighted by atomic mass is 35.5. The fourth-order valence-corrected chi connectivity index (χ4v) is 5.52. The molecule has 2 aromatic carbocycles. The van der Waals surface area contributed by atoms with E-state index < -0.39 is 0 Å². The van der Waals surface area contributed by atoms with E-state index in [2.05, 4.69) is 10.5 Å². The first-order valence-corrected chi connectivity index (χ1v) is 11.3. The third-order valence-corrected chi connectivity index (χ3v) is 6.95. The van der Waals surface area contributed by atoms with Gasteiger partial charge < -0.3 is 14.4 Å². The number of amides is 1. The molecule has 1 saturated carbocycles. The van der Waals surface area contributed by atoms with Crippen LogP contribution in [0.1, 0.15) is 49.6 Å². The van der Waals surface area contributed by atoms with E-state index in [4.69, 9.17) is 16.1 Å². The summed E-state index contributed by atoms with van der Waals surface area (Å²) in [5, 5.41) is 8.73. The smallest absolute Gasteiger partial charge is 0.264 e. The highest BCUT2D eigenvalue weighted by Gasteiger charge is 2.35. The van der Waals surface area contributed by atoms with Crippen molar-refractivity contribution in [3.05, 3.63) is 75.0 Å². The van der Waals surface area contributed by atoms with Crippen molar-refractivity contribution in [1.82, 2.24) is 15.0 Å². The molecule has 1 aliphatic rings. The fraction of sp³-hybridized carbons (Fsp3) is 0.320. The van der Waals surface area contributed by atoms with Crippen LogP contribution in [0.3, 0.4) is 0 Å². The standard InChI is InChI=1S/C25H23ClFN3O3/c1-13-21-24(29-33-13)22-19(26)7-4-8-20(22)30(25(21)32)18-10-9-16(12-18)23(28-14(2)31)15-5-3-6-17(27)11-15/h3-8,11,16,18,23H,9-10,12H2,1-2H3,(H,28,31). The highest BCUT2D eigenvalue weighted by Crippen LogP contribution is 2.43. The lowest BCUT2D eigenvalue weighted by Crippen LogP contribution is -2.31. The molecule has 2 heterocycles. The average Bonchev–Trinajstić information content (AvgIpc) is 3.39. The van der Waals surface area contributed by atoms with E-state index in [0.717, 1.165) is 18.4 Å². The molecule has 0 saturated heterocycles. The average molecular weight is 468 g/mol. The second-order valence-electron chi connectivity index (χ2n) is 8.73. The van der Waals surface area contributed by atoms with Crippen molar-refractivity contribution < 1.29 is 13.7 Å². The van der Waals surface area contributed by atoms with E-state index in [-0.39, 0.29) is 35.3 Å². The van der Waals surface area contributed by atoms with Crippen LogP contribution in [0.5, 0.6) is 0 Å². The van der Waals surface area contributed by atoms with Gasteiger partial charge in [0, 0.05) is 18.4 Å². The SMILES string of the molecule is CC(=O)NC(c1cccc(F)c1)C1CCC(n2c(=O)c3c(C)onc3c3c(Cl)cccc32)C1. The van der Waals surface area contributed by atoms with Gasteiger partial charge in [-0.25, -0.2) is 4.39 Å². The Bertz CT molecular complexity index is 1440. The van der Waals surface area contributed by atoms with E-state index in [0.29, 0.717) is 39.0 Å². The summed E-state index contributed by atoms with van der Waals surface area (Å²) in [6.45, 7) is 3.18. The lowest BCUT2D eigenvalue weighted by atomic mass is 9.91. The zero-order valence-electron chi connectivity index (χ0n) is 18.3. The zero-order valence-corrected chi connectivity index (χ0v) is 19.0. The van der Waals surface area contributed by atoms with Crippen molar-refractivity contribution in [2.45, 2.75) is 45.2 Å². The Labute approximate surface area is 194 Å². The summed E-state index contributed by atoms with van der Waals surface area (Å²) >= 11 is 6.53. The Hall–Kier alpha value is -3.19. The van der Waals surface area contributed by atoms with Crippen molar-refractivity contribution >= 4 is 39.3 Å². The molecule has 4 aromatic rings. The Morgan fingerprint density at radius 2 is 2.03 bits per heavy atom. The van der Waals surface area contributed by atoms with Crippen LogP contribution >= 0.6 is 11.6 Å². The van der Waals surface area contributed by atoms with Crippen LogP contribution in [0.15, 0.2) is 51.8 Å². The van der Waals surface area contributed by atoms with Crippen LogP contribution < -0.4 is 10.9 Å². The molecule has 6 nitrogen and oxygen atoms in total. The lowest BCUT2D eigenvalue weighted by molar-refractivity contribution is -0.120. The molecule has 3 unspecified atom stereocenters. The summed E-state index contributed by atoms with van der Waals surface area (Å²) in [7, 11) is 0. The summed E-state index contributed by atoms with van der Waals surface area (Å²) in [6, 6.07) is 11.3. The Kier molecular flexibility index (Phi) is 5.44. The molecule has 0 spiro atoms. The number of aryl methyl sites for hydroxylation is 1. The second kappa shape index (κ2) is 8.30. The van der Waals surface area contributed by atoms with Gasteiger partial charge in [-0.3, -0.25) is 9.59 Å². The van der Waals surface area contributed by atoms with Gasteiger partial charge in [-0.05, 0) is 61.9 Å². The number of benzene rings is 2. The molecular weight excluding hydrogens is 445 g/mol. The van der Waals surface area contributed by atoms with E-state index in [9.17, 15) is 14.0 Å². The van der Waals surface area contributed by atoms with Crippen molar-refractivity contribution in [3.8, 4) is 0 Å². The van der Waals surface area contributed by atoms with Gasteiger partial charge in [-0.15, -0.1) is 0 Å². The predicted molar refractivity (Wildman–Crippen MR) is 125 cm³/mol. The molecular formula is C25H23ClFN3O3. The Morgan fingerprint density at radius 3 is 2.79 bits per heavy atom. The summed E-state index contributed by atoms with van der Waals surface area (Å²) in [6.07, 6.45) is 2.17. The van der Waals surface area contributed by atoms with Crippen LogP contribution in [0, 0.1) is 18.7 Å². The Morgan fingerprint density at radius 1 is 1.24 bits per heavy atom. The molecule has 3 atom stereocenters. The summed E-state index contributed by atoms with van der Waals surface area (Å²) < 4.78 is 21.1. The first-order chi connectivity index (χ1) is 15.8. The maximum Gasteiger partial charge on any atom is 0.264 e. The summed E-state index contributed by atoms with van der Waals surface area (Å²) in [5.41, 5.74) is 1.74. The van der Waals surface area contributed by atoms with Gasteiger partial charge in [0.15, 0.2) is 0 Å². The molecule has 170 valence electrons. The number of aromatic nitrogens is 2. The molecule has 1 N–H and O–H groups in total. The van der Waals surface area contributed by atoms with Gasteiger partial charge in [0.2, 0.25) is 5.91 Å². The number of carbonyl (C=O) groups excluding carboxylic acids is 1.